The fraction of sp³-hybridized carbons (Fsp3) is 0.286. The van der Waals surface area contributed by atoms with Crippen molar-refractivity contribution in [1.29, 1.82) is 0 Å². The number of aromatic nitrogens is 1. The highest BCUT2D eigenvalue weighted by Gasteiger charge is 2.12. The Morgan fingerprint density at radius 3 is 2.65 bits per heavy atom. The zero-order valence-electron chi connectivity index (χ0n) is 15.4. The van der Waals surface area contributed by atoms with Crippen LogP contribution < -0.4 is 14.8 Å². The quantitative estimate of drug-likeness (QED) is 0.603. The molecule has 0 amide bonds. The van der Waals surface area contributed by atoms with Crippen LogP contribution in [0.5, 0.6) is 11.5 Å². The molecule has 1 N–H and O–H groups in total. The topological polar surface area (TPSA) is 43.4 Å². The molecule has 0 saturated carbocycles. The molecule has 0 aliphatic carbocycles. The van der Waals surface area contributed by atoms with Crippen molar-refractivity contribution in [2.24, 2.45) is 0 Å². The molecule has 3 aromatic rings. The summed E-state index contributed by atoms with van der Waals surface area (Å²) in [4.78, 5) is 4.78. The van der Waals surface area contributed by atoms with E-state index in [4.69, 9.17) is 14.5 Å². The second-order valence-corrected chi connectivity index (χ2v) is 6.85. The Kier molecular flexibility index (Phi) is 6.26. The molecule has 0 fully saturated rings. The summed E-state index contributed by atoms with van der Waals surface area (Å²) in [5.41, 5.74) is 3.33. The van der Waals surface area contributed by atoms with Crippen molar-refractivity contribution in [1.82, 2.24) is 10.3 Å². The van der Waals surface area contributed by atoms with Crippen molar-refractivity contribution >= 4 is 11.3 Å². The summed E-state index contributed by atoms with van der Waals surface area (Å²) in [6.07, 6.45) is 0. The Labute approximate surface area is 158 Å². The number of thiazole rings is 1. The summed E-state index contributed by atoms with van der Waals surface area (Å²) in [6.45, 7) is 5.47. The smallest absolute Gasteiger partial charge is 0.161 e. The van der Waals surface area contributed by atoms with E-state index in [0.717, 1.165) is 39.9 Å². The molecule has 1 aromatic heterocycles. The van der Waals surface area contributed by atoms with Gasteiger partial charge in [-0.25, -0.2) is 4.98 Å². The lowest BCUT2D eigenvalue weighted by atomic mass is 10.2. The molecular weight excluding hydrogens is 344 g/mol. The van der Waals surface area contributed by atoms with E-state index in [1.807, 2.05) is 37.3 Å². The van der Waals surface area contributed by atoms with Crippen molar-refractivity contribution in [3.05, 3.63) is 64.5 Å². The van der Waals surface area contributed by atoms with Gasteiger partial charge in [-0.15, -0.1) is 11.3 Å². The van der Waals surface area contributed by atoms with Gasteiger partial charge in [-0.3, -0.25) is 0 Å². The Hall–Kier alpha value is -2.37. The number of rotatable bonds is 8. The van der Waals surface area contributed by atoms with Gasteiger partial charge in [0.25, 0.3) is 0 Å². The van der Waals surface area contributed by atoms with Crippen molar-refractivity contribution in [3.8, 4) is 22.8 Å². The molecule has 26 heavy (non-hydrogen) atoms. The fourth-order valence-electron chi connectivity index (χ4n) is 2.68. The molecule has 1 unspecified atom stereocenters. The normalized spacial score (nSPS) is 12.0. The second kappa shape index (κ2) is 8.83. The summed E-state index contributed by atoms with van der Waals surface area (Å²) >= 11 is 1.69. The van der Waals surface area contributed by atoms with E-state index in [-0.39, 0.29) is 6.04 Å². The predicted molar refractivity (Wildman–Crippen MR) is 107 cm³/mol. The predicted octanol–water partition coefficient (Wildman–Crippen LogP) is 5.07. The van der Waals surface area contributed by atoms with Crippen LogP contribution in [0.2, 0.25) is 0 Å². The van der Waals surface area contributed by atoms with Gasteiger partial charge in [-0.2, -0.15) is 0 Å². The van der Waals surface area contributed by atoms with E-state index in [9.17, 15) is 0 Å². The van der Waals surface area contributed by atoms with E-state index in [1.165, 1.54) is 0 Å². The van der Waals surface area contributed by atoms with Crippen LogP contribution in [0.4, 0.5) is 0 Å². The van der Waals surface area contributed by atoms with Crippen molar-refractivity contribution in [3.63, 3.8) is 0 Å². The van der Waals surface area contributed by atoms with E-state index in [2.05, 4.69) is 35.8 Å². The van der Waals surface area contributed by atoms with Gasteiger partial charge in [0.1, 0.15) is 5.01 Å². The molecule has 2 aromatic carbocycles. The molecule has 0 aliphatic rings. The first-order chi connectivity index (χ1) is 12.7. The van der Waals surface area contributed by atoms with E-state index in [0.29, 0.717) is 6.61 Å². The summed E-state index contributed by atoms with van der Waals surface area (Å²) in [7, 11) is 1.67. The number of ether oxygens (including phenoxy) is 2. The van der Waals surface area contributed by atoms with Crippen LogP contribution in [0.15, 0.2) is 53.9 Å². The van der Waals surface area contributed by atoms with Crippen LogP contribution in [0.1, 0.15) is 30.5 Å². The van der Waals surface area contributed by atoms with Gasteiger partial charge in [0.2, 0.25) is 0 Å². The molecule has 0 bridgehead atoms. The number of nitrogens with one attached hydrogen (secondary N) is 1. The number of nitrogens with zero attached hydrogens (tertiary/aromatic N) is 1. The first-order valence-corrected chi connectivity index (χ1v) is 9.63. The van der Waals surface area contributed by atoms with Gasteiger partial charge in [-0.1, -0.05) is 36.4 Å². The Morgan fingerprint density at radius 1 is 1.12 bits per heavy atom. The molecule has 3 rings (SSSR count). The largest absolute Gasteiger partial charge is 0.493 e. The maximum atomic E-state index is 5.57. The maximum absolute atomic E-state index is 5.57. The Balaban J connectivity index is 1.64. The van der Waals surface area contributed by atoms with Gasteiger partial charge < -0.3 is 14.8 Å². The number of methoxy groups -OCH3 is 1. The van der Waals surface area contributed by atoms with Crippen LogP contribution in [0, 0.1) is 0 Å². The molecular formula is C21H24N2O2S. The lowest BCUT2D eigenvalue weighted by Crippen LogP contribution is -2.18. The fourth-order valence-corrected chi connectivity index (χ4v) is 3.54. The third-order valence-corrected chi connectivity index (χ3v) is 5.13. The lowest BCUT2D eigenvalue weighted by molar-refractivity contribution is 0.310. The minimum Gasteiger partial charge on any atom is -0.493 e. The number of hydrogen-bond donors (Lipinski definition) is 1. The van der Waals surface area contributed by atoms with Gasteiger partial charge in [0.15, 0.2) is 11.5 Å². The molecule has 0 aliphatic heterocycles. The first-order valence-electron chi connectivity index (χ1n) is 8.75. The van der Waals surface area contributed by atoms with Crippen LogP contribution >= 0.6 is 11.3 Å². The molecule has 0 saturated heterocycles. The lowest BCUT2D eigenvalue weighted by Gasteiger charge is -2.14. The Bertz CT molecular complexity index is 833. The van der Waals surface area contributed by atoms with Gasteiger partial charge in [-0.05, 0) is 31.5 Å². The third kappa shape index (κ3) is 4.42. The van der Waals surface area contributed by atoms with Crippen molar-refractivity contribution < 1.29 is 9.47 Å². The molecule has 0 spiro atoms. The zero-order chi connectivity index (χ0) is 18.4. The van der Waals surface area contributed by atoms with Crippen LogP contribution in [0.25, 0.3) is 11.3 Å². The summed E-state index contributed by atoms with van der Waals surface area (Å²) < 4.78 is 11.0. The Morgan fingerprint density at radius 2 is 1.92 bits per heavy atom. The monoisotopic (exact) mass is 368 g/mol. The summed E-state index contributed by atoms with van der Waals surface area (Å²) in [5.74, 6) is 1.54. The van der Waals surface area contributed by atoms with Gasteiger partial charge in [0, 0.05) is 17.5 Å². The molecule has 1 heterocycles. The van der Waals surface area contributed by atoms with Crippen molar-refractivity contribution in [2.75, 3.05) is 13.7 Å². The minimum absolute atomic E-state index is 0.176. The molecule has 5 heteroatoms. The molecule has 1 atom stereocenters. The van der Waals surface area contributed by atoms with Crippen LogP contribution in [-0.4, -0.2) is 18.7 Å². The zero-order valence-corrected chi connectivity index (χ0v) is 16.2. The van der Waals surface area contributed by atoms with E-state index in [1.54, 1.807) is 18.4 Å². The molecule has 136 valence electrons. The highest BCUT2D eigenvalue weighted by Crippen LogP contribution is 2.29. The summed E-state index contributed by atoms with van der Waals surface area (Å²) in [6, 6.07) is 16.5. The van der Waals surface area contributed by atoms with Gasteiger partial charge in [0.05, 0.1) is 25.5 Å². The van der Waals surface area contributed by atoms with Gasteiger partial charge >= 0.3 is 0 Å². The van der Waals surface area contributed by atoms with E-state index >= 15 is 0 Å². The second-order valence-electron chi connectivity index (χ2n) is 5.96. The number of hydrogen-bond acceptors (Lipinski definition) is 5. The van der Waals surface area contributed by atoms with Crippen LogP contribution in [0.3, 0.4) is 0 Å². The minimum atomic E-state index is 0.176. The SMILES string of the molecule is CCOc1ccc(CNC(C)c2nc(-c3ccccc3)cs2)cc1OC. The standard InChI is InChI=1S/C21H24N2O2S/c1-4-25-19-11-10-16(12-20(19)24-3)13-22-15(2)21-23-18(14-26-21)17-8-6-5-7-9-17/h5-12,14-15,22H,4,13H2,1-3H3. The van der Waals surface area contributed by atoms with E-state index < -0.39 is 0 Å². The average molecular weight is 369 g/mol. The first kappa shape index (κ1) is 18.4. The van der Waals surface area contributed by atoms with Crippen molar-refractivity contribution in [2.45, 2.75) is 26.4 Å². The highest BCUT2D eigenvalue weighted by atomic mass is 32.1. The highest BCUT2D eigenvalue weighted by molar-refractivity contribution is 7.10. The summed E-state index contributed by atoms with van der Waals surface area (Å²) in [5, 5.41) is 6.73. The third-order valence-electron chi connectivity index (χ3n) is 4.10. The number of benzene rings is 2. The average Bonchev–Trinajstić information content (AvgIpc) is 3.18. The molecule has 4 nitrogen and oxygen atoms in total. The molecule has 0 radical (unpaired) electrons. The maximum Gasteiger partial charge on any atom is 0.161 e. The van der Waals surface area contributed by atoms with Crippen LogP contribution in [-0.2, 0) is 6.54 Å².